The van der Waals surface area contributed by atoms with E-state index in [1.807, 2.05) is 13.0 Å². The lowest BCUT2D eigenvalue weighted by atomic mass is 10.1. The first-order valence-electron chi connectivity index (χ1n) is 5.73. The number of hydrogen-bond donors (Lipinski definition) is 2. The van der Waals surface area contributed by atoms with Crippen LogP contribution in [-0.2, 0) is 6.61 Å². The fourth-order valence-electron chi connectivity index (χ4n) is 1.60. The molecule has 2 N–H and O–H groups in total. The highest BCUT2D eigenvalue weighted by Crippen LogP contribution is 2.19. The standard InChI is InChI=1S/C14H13BrN2O2/c1-9-2-3-10(6-12(9)15)14(19)17-13-7-16-5-4-11(13)8-18/h2-7,18H,8H2,1H3,(H,17,19). The maximum absolute atomic E-state index is 12.1. The number of anilines is 1. The Morgan fingerprint density at radius 3 is 2.89 bits per heavy atom. The van der Waals surface area contributed by atoms with E-state index in [2.05, 4.69) is 26.2 Å². The van der Waals surface area contributed by atoms with Crippen molar-refractivity contribution in [2.45, 2.75) is 13.5 Å². The molecule has 0 saturated heterocycles. The van der Waals surface area contributed by atoms with Crippen molar-refractivity contribution < 1.29 is 9.90 Å². The molecule has 1 aromatic heterocycles. The third-order valence-electron chi connectivity index (χ3n) is 2.76. The number of carbonyl (C=O) groups excluding carboxylic acids is 1. The van der Waals surface area contributed by atoms with Crippen LogP contribution in [0.5, 0.6) is 0 Å². The lowest BCUT2D eigenvalue weighted by Gasteiger charge is -2.09. The molecule has 4 nitrogen and oxygen atoms in total. The molecule has 0 aliphatic carbocycles. The van der Waals surface area contributed by atoms with Crippen molar-refractivity contribution >= 4 is 27.5 Å². The molecule has 2 aromatic rings. The van der Waals surface area contributed by atoms with Gasteiger partial charge in [-0.3, -0.25) is 9.78 Å². The summed E-state index contributed by atoms with van der Waals surface area (Å²) in [6.07, 6.45) is 3.09. The van der Waals surface area contributed by atoms with Crippen LogP contribution in [0, 0.1) is 6.92 Å². The number of rotatable bonds is 3. The highest BCUT2D eigenvalue weighted by atomic mass is 79.9. The second-order valence-corrected chi connectivity index (χ2v) is 4.96. The van der Waals surface area contributed by atoms with Crippen molar-refractivity contribution in [3.8, 4) is 0 Å². The summed E-state index contributed by atoms with van der Waals surface area (Å²) >= 11 is 3.40. The van der Waals surface area contributed by atoms with E-state index in [1.54, 1.807) is 24.4 Å². The Hall–Kier alpha value is -1.72. The number of aromatic nitrogens is 1. The maximum atomic E-state index is 12.1. The summed E-state index contributed by atoms with van der Waals surface area (Å²) in [5, 5.41) is 11.9. The molecule has 1 heterocycles. The molecule has 0 aliphatic heterocycles. The molecule has 2 rings (SSSR count). The number of pyridine rings is 1. The quantitative estimate of drug-likeness (QED) is 0.914. The van der Waals surface area contributed by atoms with Crippen molar-refractivity contribution in [2.75, 3.05) is 5.32 Å². The maximum Gasteiger partial charge on any atom is 0.255 e. The predicted octanol–water partition coefficient (Wildman–Crippen LogP) is 2.90. The van der Waals surface area contributed by atoms with Crippen LogP contribution in [0.1, 0.15) is 21.5 Å². The molecule has 0 saturated carbocycles. The third kappa shape index (κ3) is 3.19. The topological polar surface area (TPSA) is 62.2 Å². The van der Waals surface area contributed by atoms with Crippen LogP contribution in [0.3, 0.4) is 0 Å². The van der Waals surface area contributed by atoms with Gasteiger partial charge in [0.25, 0.3) is 5.91 Å². The van der Waals surface area contributed by atoms with E-state index in [-0.39, 0.29) is 12.5 Å². The van der Waals surface area contributed by atoms with Gasteiger partial charge >= 0.3 is 0 Å². The molecule has 5 heteroatoms. The summed E-state index contributed by atoms with van der Waals surface area (Å²) in [5.74, 6) is -0.233. The molecular formula is C14H13BrN2O2. The number of aliphatic hydroxyl groups is 1. The number of benzene rings is 1. The van der Waals surface area contributed by atoms with Crippen LogP contribution in [-0.4, -0.2) is 16.0 Å². The molecule has 0 spiro atoms. The van der Waals surface area contributed by atoms with Crippen LogP contribution in [0.15, 0.2) is 41.1 Å². The molecular weight excluding hydrogens is 308 g/mol. The van der Waals surface area contributed by atoms with Crippen molar-refractivity contribution in [2.24, 2.45) is 0 Å². The molecule has 0 unspecified atom stereocenters. The normalized spacial score (nSPS) is 10.3. The van der Waals surface area contributed by atoms with Crippen molar-refractivity contribution in [1.29, 1.82) is 0 Å². The molecule has 0 atom stereocenters. The van der Waals surface area contributed by atoms with E-state index in [0.29, 0.717) is 16.8 Å². The first-order chi connectivity index (χ1) is 9.11. The number of amides is 1. The average Bonchev–Trinajstić information content (AvgIpc) is 2.42. The van der Waals surface area contributed by atoms with Gasteiger partial charge in [0.2, 0.25) is 0 Å². The minimum atomic E-state index is -0.233. The molecule has 0 fully saturated rings. The highest BCUT2D eigenvalue weighted by molar-refractivity contribution is 9.10. The number of nitrogens with one attached hydrogen (secondary N) is 1. The Morgan fingerprint density at radius 2 is 2.21 bits per heavy atom. The molecule has 1 amide bonds. The van der Waals surface area contributed by atoms with E-state index >= 15 is 0 Å². The zero-order valence-corrected chi connectivity index (χ0v) is 11.9. The molecule has 1 aromatic carbocycles. The van der Waals surface area contributed by atoms with Gasteiger partial charge in [-0.05, 0) is 30.7 Å². The van der Waals surface area contributed by atoms with Gasteiger partial charge < -0.3 is 10.4 Å². The monoisotopic (exact) mass is 320 g/mol. The summed E-state index contributed by atoms with van der Waals surface area (Å²) in [5.41, 5.74) is 2.76. The molecule has 98 valence electrons. The number of nitrogens with zero attached hydrogens (tertiary/aromatic N) is 1. The van der Waals surface area contributed by atoms with Crippen LogP contribution in [0.2, 0.25) is 0 Å². The zero-order valence-electron chi connectivity index (χ0n) is 10.4. The number of halogens is 1. The average molecular weight is 321 g/mol. The largest absolute Gasteiger partial charge is 0.392 e. The van der Waals surface area contributed by atoms with Crippen molar-refractivity contribution in [3.05, 3.63) is 57.8 Å². The Balaban J connectivity index is 2.23. The number of aliphatic hydroxyl groups excluding tert-OH is 1. The lowest BCUT2D eigenvalue weighted by molar-refractivity contribution is 0.102. The minimum absolute atomic E-state index is 0.143. The number of carbonyl (C=O) groups is 1. The van der Waals surface area contributed by atoms with Gasteiger partial charge in [0.1, 0.15) is 0 Å². The second-order valence-electron chi connectivity index (χ2n) is 4.11. The van der Waals surface area contributed by atoms with Gasteiger partial charge in [-0.1, -0.05) is 22.0 Å². The predicted molar refractivity (Wildman–Crippen MR) is 77.0 cm³/mol. The number of hydrogen-bond acceptors (Lipinski definition) is 3. The van der Waals surface area contributed by atoms with Crippen LogP contribution < -0.4 is 5.32 Å². The van der Waals surface area contributed by atoms with Gasteiger partial charge in [0.05, 0.1) is 18.5 Å². The van der Waals surface area contributed by atoms with Crippen LogP contribution >= 0.6 is 15.9 Å². The van der Waals surface area contributed by atoms with Gasteiger partial charge in [-0.2, -0.15) is 0 Å². The summed E-state index contributed by atoms with van der Waals surface area (Å²) in [6.45, 7) is 1.81. The Bertz CT molecular complexity index is 614. The Labute approximate surface area is 119 Å². The first-order valence-corrected chi connectivity index (χ1v) is 6.52. The van der Waals surface area contributed by atoms with E-state index in [4.69, 9.17) is 0 Å². The minimum Gasteiger partial charge on any atom is -0.392 e. The summed E-state index contributed by atoms with van der Waals surface area (Å²) in [7, 11) is 0. The third-order valence-corrected chi connectivity index (χ3v) is 3.62. The fraction of sp³-hybridized carbons (Fsp3) is 0.143. The molecule has 19 heavy (non-hydrogen) atoms. The second kappa shape index (κ2) is 5.95. The van der Waals surface area contributed by atoms with E-state index in [9.17, 15) is 9.90 Å². The highest BCUT2D eigenvalue weighted by Gasteiger charge is 2.10. The van der Waals surface area contributed by atoms with Gasteiger partial charge in [0, 0.05) is 21.8 Å². The van der Waals surface area contributed by atoms with Gasteiger partial charge in [-0.25, -0.2) is 0 Å². The van der Waals surface area contributed by atoms with E-state index in [1.165, 1.54) is 6.20 Å². The summed E-state index contributed by atoms with van der Waals surface area (Å²) < 4.78 is 0.883. The molecule has 0 bridgehead atoms. The van der Waals surface area contributed by atoms with Gasteiger partial charge in [-0.15, -0.1) is 0 Å². The van der Waals surface area contributed by atoms with Gasteiger partial charge in [0.15, 0.2) is 0 Å². The SMILES string of the molecule is Cc1ccc(C(=O)Nc2cnccc2CO)cc1Br. The number of aryl methyl sites for hydroxylation is 1. The summed E-state index contributed by atoms with van der Waals surface area (Å²) in [4.78, 5) is 16.0. The van der Waals surface area contributed by atoms with E-state index in [0.717, 1.165) is 10.0 Å². The zero-order chi connectivity index (χ0) is 13.8. The van der Waals surface area contributed by atoms with E-state index < -0.39 is 0 Å². The molecule has 0 aliphatic rings. The smallest absolute Gasteiger partial charge is 0.255 e. The lowest BCUT2D eigenvalue weighted by Crippen LogP contribution is -2.13. The van der Waals surface area contributed by atoms with Crippen molar-refractivity contribution in [3.63, 3.8) is 0 Å². The van der Waals surface area contributed by atoms with Crippen molar-refractivity contribution in [1.82, 2.24) is 4.98 Å². The fourth-order valence-corrected chi connectivity index (χ4v) is 1.98. The Morgan fingerprint density at radius 1 is 1.42 bits per heavy atom. The van der Waals surface area contributed by atoms with Crippen LogP contribution in [0.4, 0.5) is 5.69 Å². The first kappa shape index (κ1) is 13.7. The van der Waals surface area contributed by atoms with Crippen LogP contribution in [0.25, 0.3) is 0 Å². The molecule has 0 radical (unpaired) electrons. The Kier molecular flexibility index (Phi) is 4.29. The summed E-state index contributed by atoms with van der Waals surface area (Å²) in [6, 6.07) is 7.06.